The first-order chi connectivity index (χ1) is 7.10. The van der Waals surface area contributed by atoms with Gasteiger partial charge in [0.2, 0.25) is 0 Å². The molecule has 0 unspecified atom stereocenters. The van der Waals surface area contributed by atoms with E-state index in [-0.39, 0.29) is 17.9 Å². The van der Waals surface area contributed by atoms with E-state index in [2.05, 4.69) is 0 Å². The second-order valence-corrected chi connectivity index (χ2v) is 2.83. The number of methoxy groups -OCH3 is 1. The average Bonchev–Trinajstić information content (AvgIpc) is 2.17. The topological polar surface area (TPSA) is 41.5 Å². The van der Waals surface area contributed by atoms with Crippen molar-refractivity contribution in [1.29, 1.82) is 0 Å². The van der Waals surface area contributed by atoms with Gasteiger partial charge in [-0.25, -0.2) is 18.7 Å². The minimum absolute atomic E-state index is 0.135. The molecular weight excluding hydrogens is 211 g/mol. The first-order valence-corrected chi connectivity index (χ1v) is 4.11. The molecule has 0 atom stereocenters. The van der Waals surface area contributed by atoms with Gasteiger partial charge in [-0.05, 0) is 12.1 Å². The van der Waals surface area contributed by atoms with Crippen LogP contribution < -0.4 is 10.2 Å². The van der Waals surface area contributed by atoms with Gasteiger partial charge in [0, 0.05) is 17.7 Å². The molecule has 1 rings (SSSR count). The molecule has 0 aliphatic heterocycles. The van der Waals surface area contributed by atoms with Crippen LogP contribution in [0.5, 0.6) is 5.75 Å². The van der Waals surface area contributed by atoms with E-state index in [1.807, 2.05) is 0 Å². The molecule has 0 saturated heterocycles. The van der Waals surface area contributed by atoms with Gasteiger partial charge < -0.3 is 9.94 Å². The lowest BCUT2D eigenvalue weighted by atomic mass is 10.1. The van der Waals surface area contributed by atoms with Crippen molar-refractivity contribution in [3.8, 4) is 5.75 Å². The Bertz CT molecular complexity index is 344. The van der Waals surface area contributed by atoms with Crippen molar-refractivity contribution in [3.63, 3.8) is 0 Å². The molecule has 0 aromatic heterocycles. The highest BCUT2D eigenvalue weighted by atomic mass is 19.3. The maximum absolute atomic E-state index is 13.2. The minimum Gasteiger partial charge on any atom is -0.493 e. The van der Waals surface area contributed by atoms with Crippen LogP contribution in [0.4, 0.5) is 13.2 Å². The van der Waals surface area contributed by atoms with E-state index in [1.165, 1.54) is 7.11 Å². The van der Waals surface area contributed by atoms with Gasteiger partial charge in [0.25, 0.3) is 6.43 Å². The molecule has 0 radical (unpaired) electrons. The third-order valence-electron chi connectivity index (χ3n) is 1.87. The van der Waals surface area contributed by atoms with Crippen molar-refractivity contribution in [2.24, 2.45) is 0 Å². The third-order valence-corrected chi connectivity index (χ3v) is 1.87. The Labute approximate surface area is 84.4 Å². The lowest BCUT2D eigenvalue weighted by molar-refractivity contribution is 0.148. The average molecular weight is 221 g/mol. The van der Waals surface area contributed by atoms with Crippen LogP contribution in [0.2, 0.25) is 0 Å². The largest absolute Gasteiger partial charge is 0.493 e. The van der Waals surface area contributed by atoms with Crippen molar-refractivity contribution in [2.45, 2.75) is 13.0 Å². The van der Waals surface area contributed by atoms with Crippen LogP contribution in [-0.2, 0) is 6.54 Å². The maximum Gasteiger partial charge on any atom is 0.263 e. The molecule has 6 heteroatoms. The molecule has 3 nitrogen and oxygen atoms in total. The van der Waals surface area contributed by atoms with Crippen molar-refractivity contribution in [2.75, 3.05) is 7.11 Å². The highest BCUT2D eigenvalue weighted by Crippen LogP contribution is 2.29. The summed E-state index contributed by atoms with van der Waals surface area (Å²) >= 11 is 0. The molecule has 0 spiro atoms. The third kappa shape index (κ3) is 2.60. The number of halogens is 3. The summed E-state index contributed by atoms with van der Waals surface area (Å²) in [6.07, 6.45) is -2.76. The van der Waals surface area contributed by atoms with E-state index in [9.17, 15) is 13.2 Å². The fourth-order valence-corrected chi connectivity index (χ4v) is 1.24. The highest BCUT2D eigenvalue weighted by Gasteiger charge is 2.16. The van der Waals surface area contributed by atoms with E-state index in [0.717, 1.165) is 6.07 Å². The number of benzene rings is 1. The Morgan fingerprint density at radius 1 is 1.47 bits per heavy atom. The summed E-state index contributed by atoms with van der Waals surface area (Å²) < 4.78 is 42.5. The quantitative estimate of drug-likeness (QED) is 0.766. The fourth-order valence-electron chi connectivity index (χ4n) is 1.24. The van der Waals surface area contributed by atoms with Gasteiger partial charge in [-0.2, -0.15) is 0 Å². The van der Waals surface area contributed by atoms with Crippen molar-refractivity contribution >= 4 is 0 Å². The van der Waals surface area contributed by atoms with Gasteiger partial charge in [0.1, 0.15) is 0 Å². The predicted octanol–water partition coefficient (Wildman–Crippen LogP) is 2.25. The first-order valence-electron chi connectivity index (χ1n) is 4.11. The minimum atomic E-state index is -2.76. The lowest BCUT2D eigenvalue weighted by Crippen LogP contribution is -2.09. The normalized spacial score (nSPS) is 10.8. The lowest BCUT2D eigenvalue weighted by Gasteiger charge is -2.11. The molecule has 0 aliphatic carbocycles. The van der Waals surface area contributed by atoms with E-state index in [4.69, 9.17) is 9.94 Å². The molecular formula is C9H10F3NO2. The number of alkyl halides is 2. The SMILES string of the molecule is COc1c(F)cc(C(F)F)cc1CNO. The Hall–Kier alpha value is -1.27. The van der Waals surface area contributed by atoms with Gasteiger partial charge in [0.15, 0.2) is 11.6 Å². The summed E-state index contributed by atoms with van der Waals surface area (Å²) in [5.41, 5.74) is 1.45. The van der Waals surface area contributed by atoms with Crippen LogP contribution in [-0.4, -0.2) is 12.3 Å². The Kier molecular flexibility index (Phi) is 3.93. The maximum atomic E-state index is 13.2. The van der Waals surface area contributed by atoms with E-state index < -0.39 is 17.8 Å². The van der Waals surface area contributed by atoms with Gasteiger partial charge in [-0.3, -0.25) is 0 Å². The molecule has 0 heterocycles. The molecule has 1 aromatic rings. The van der Waals surface area contributed by atoms with Crippen LogP contribution in [0.15, 0.2) is 12.1 Å². The number of hydroxylamine groups is 1. The molecule has 1 aromatic carbocycles. The number of rotatable bonds is 4. The molecule has 2 N–H and O–H groups in total. The number of hydrogen-bond donors (Lipinski definition) is 2. The Morgan fingerprint density at radius 3 is 2.60 bits per heavy atom. The molecule has 0 fully saturated rings. The molecule has 0 bridgehead atoms. The molecule has 0 aliphatic rings. The van der Waals surface area contributed by atoms with Crippen molar-refractivity contribution in [3.05, 3.63) is 29.1 Å². The predicted molar refractivity (Wildman–Crippen MR) is 46.5 cm³/mol. The number of nitrogens with one attached hydrogen (secondary N) is 1. The number of hydrogen-bond acceptors (Lipinski definition) is 3. The van der Waals surface area contributed by atoms with Crippen LogP contribution >= 0.6 is 0 Å². The zero-order valence-corrected chi connectivity index (χ0v) is 7.93. The van der Waals surface area contributed by atoms with Crippen LogP contribution in [0.25, 0.3) is 0 Å². The summed E-state index contributed by atoms with van der Waals surface area (Å²) in [5.74, 6) is -1.03. The molecule has 15 heavy (non-hydrogen) atoms. The second kappa shape index (κ2) is 4.99. The summed E-state index contributed by atoms with van der Waals surface area (Å²) in [4.78, 5) is 0. The van der Waals surface area contributed by atoms with Gasteiger partial charge in [0.05, 0.1) is 7.11 Å². The monoisotopic (exact) mass is 221 g/mol. The highest BCUT2D eigenvalue weighted by molar-refractivity contribution is 5.39. The Balaban J connectivity index is 3.19. The van der Waals surface area contributed by atoms with Gasteiger partial charge >= 0.3 is 0 Å². The van der Waals surface area contributed by atoms with Crippen molar-refractivity contribution < 1.29 is 23.1 Å². The van der Waals surface area contributed by atoms with Gasteiger partial charge in [-0.15, -0.1) is 0 Å². The molecule has 84 valence electrons. The summed E-state index contributed by atoms with van der Waals surface area (Å²) in [6.45, 7) is -0.166. The summed E-state index contributed by atoms with van der Waals surface area (Å²) in [5, 5.41) is 8.44. The van der Waals surface area contributed by atoms with Crippen LogP contribution in [0, 0.1) is 5.82 Å². The number of ether oxygens (including phenoxy) is 1. The van der Waals surface area contributed by atoms with E-state index in [0.29, 0.717) is 6.07 Å². The molecule has 0 amide bonds. The second-order valence-electron chi connectivity index (χ2n) is 2.83. The fraction of sp³-hybridized carbons (Fsp3) is 0.333. The zero-order chi connectivity index (χ0) is 11.4. The standard InChI is InChI=1S/C9H10F3NO2/c1-15-8-6(4-13-14)2-5(9(11)12)3-7(8)10/h2-3,9,13-14H,4H2,1H3. The van der Waals surface area contributed by atoms with E-state index >= 15 is 0 Å². The summed E-state index contributed by atoms with van der Waals surface area (Å²) in [7, 11) is 1.22. The molecule has 0 saturated carbocycles. The smallest absolute Gasteiger partial charge is 0.263 e. The zero-order valence-electron chi connectivity index (χ0n) is 7.93. The van der Waals surface area contributed by atoms with Crippen LogP contribution in [0.3, 0.4) is 0 Å². The first kappa shape index (κ1) is 11.8. The van der Waals surface area contributed by atoms with Crippen molar-refractivity contribution in [1.82, 2.24) is 5.48 Å². The Morgan fingerprint density at radius 2 is 2.13 bits per heavy atom. The summed E-state index contributed by atoms with van der Waals surface area (Å²) in [6, 6.07) is 1.79. The van der Waals surface area contributed by atoms with Crippen LogP contribution in [0.1, 0.15) is 17.6 Å². The van der Waals surface area contributed by atoms with Gasteiger partial charge in [-0.1, -0.05) is 0 Å². The van der Waals surface area contributed by atoms with E-state index in [1.54, 1.807) is 5.48 Å².